The van der Waals surface area contributed by atoms with Crippen LogP contribution in [0, 0.1) is 0 Å². The number of sulfone groups is 1. The van der Waals surface area contributed by atoms with E-state index >= 15 is 0 Å². The van der Waals surface area contributed by atoms with Crippen LogP contribution in [0.25, 0.3) is 0 Å². The van der Waals surface area contributed by atoms with Crippen molar-refractivity contribution in [3.05, 3.63) is 52.2 Å². The van der Waals surface area contributed by atoms with E-state index in [1.54, 1.807) is 16.2 Å². The molecule has 26 heavy (non-hydrogen) atoms. The molecule has 0 saturated carbocycles. The number of aryl methyl sites for hydroxylation is 1. The lowest BCUT2D eigenvalue weighted by molar-refractivity contribution is -0.135. The minimum absolute atomic E-state index is 0.0370. The third kappa shape index (κ3) is 4.86. The molecule has 0 bridgehead atoms. The Balaban J connectivity index is 1.67. The predicted octanol–water partition coefficient (Wildman–Crippen LogP) is 2.91. The molecule has 7 heteroatoms. The van der Waals surface area contributed by atoms with Crippen molar-refractivity contribution in [1.82, 2.24) is 4.90 Å². The van der Waals surface area contributed by atoms with E-state index in [2.05, 4.69) is 6.92 Å². The quantitative estimate of drug-likeness (QED) is 0.726. The number of carbonyl (C=O) groups excluding carboxylic acids is 1. The van der Waals surface area contributed by atoms with Crippen molar-refractivity contribution in [2.75, 3.05) is 18.1 Å². The molecule has 0 unspecified atom stereocenters. The summed E-state index contributed by atoms with van der Waals surface area (Å²) in [5, 5.41) is 1.95. The first kappa shape index (κ1) is 18.9. The van der Waals surface area contributed by atoms with E-state index in [0.717, 1.165) is 11.3 Å². The van der Waals surface area contributed by atoms with Crippen molar-refractivity contribution < 1.29 is 17.9 Å². The van der Waals surface area contributed by atoms with Gasteiger partial charge in [0.2, 0.25) is 0 Å². The topological polar surface area (TPSA) is 63.7 Å². The summed E-state index contributed by atoms with van der Waals surface area (Å²) in [6.07, 6.45) is 1.44. The largest absolute Gasteiger partial charge is 0.484 e. The number of nitrogens with zero attached hydrogens (tertiary/aromatic N) is 1. The van der Waals surface area contributed by atoms with Crippen molar-refractivity contribution in [3.63, 3.8) is 0 Å². The summed E-state index contributed by atoms with van der Waals surface area (Å²) in [5.74, 6) is 0.645. The van der Waals surface area contributed by atoms with Gasteiger partial charge in [-0.15, -0.1) is 11.3 Å². The average Bonchev–Trinajstić information content (AvgIpc) is 3.27. The fourth-order valence-electron chi connectivity index (χ4n) is 3.06. The molecule has 1 aromatic carbocycles. The molecule has 1 aliphatic heterocycles. The highest BCUT2D eigenvalue weighted by molar-refractivity contribution is 7.91. The number of carbonyl (C=O) groups is 1. The van der Waals surface area contributed by atoms with Crippen LogP contribution < -0.4 is 4.74 Å². The molecule has 1 atom stereocenters. The molecule has 5 nitrogen and oxygen atoms in total. The molecule has 1 saturated heterocycles. The van der Waals surface area contributed by atoms with Gasteiger partial charge in [-0.1, -0.05) is 25.1 Å². The van der Waals surface area contributed by atoms with Crippen molar-refractivity contribution in [2.45, 2.75) is 32.4 Å². The summed E-state index contributed by atoms with van der Waals surface area (Å²) in [5.41, 5.74) is 1.21. The molecule has 1 aliphatic rings. The normalized spacial score (nSPS) is 18.6. The van der Waals surface area contributed by atoms with Gasteiger partial charge in [0.1, 0.15) is 5.75 Å². The van der Waals surface area contributed by atoms with E-state index < -0.39 is 9.84 Å². The van der Waals surface area contributed by atoms with Crippen molar-refractivity contribution >= 4 is 27.1 Å². The smallest absolute Gasteiger partial charge is 0.261 e. The van der Waals surface area contributed by atoms with E-state index in [1.807, 2.05) is 41.8 Å². The van der Waals surface area contributed by atoms with Gasteiger partial charge in [-0.2, -0.15) is 0 Å². The van der Waals surface area contributed by atoms with E-state index in [4.69, 9.17) is 4.74 Å². The van der Waals surface area contributed by atoms with Gasteiger partial charge in [-0.3, -0.25) is 4.79 Å². The molecule has 1 fully saturated rings. The van der Waals surface area contributed by atoms with Crippen molar-refractivity contribution in [1.29, 1.82) is 0 Å². The first-order valence-electron chi connectivity index (χ1n) is 8.71. The van der Waals surface area contributed by atoms with Gasteiger partial charge in [0.15, 0.2) is 16.4 Å². The first-order valence-corrected chi connectivity index (χ1v) is 11.4. The molecular formula is C19H23NO4S2. The van der Waals surface area contributed by atoms with Crippen LogP contribution in [0.2, 0.25) is 0 Å². The SMILES string of the molecule is CCc1ccc(OCC(=O)N(Cc2cccs2)[C@@H]2CCS(=O)(=O)C2)cc1. The molecule has 0 aliphatic carbocycles. The Morgan fingerprint density at radius 1 is 1.27 bits per heavy atom. The zero-order chi connectivity index (χ0) is 18.6. The molecule has 0 spiro atoms. The number of thiophene rings is 1. The summed E-state index contributed by atoms with van der Waals surface area (Å²) in [4.78, 5) is 15.5. The van der Waals surface area contributed by atoms with Gasteiger partial charge in [-0.05, 0) is 42.0 Å². The maximum atomic E-state index is 12.8. The molecule has 0 radical (unpaired) electrons. The molecule has 2 heterocycles. The second kappa shape index (κ2) is 8.22. The summed E-state index contributed by atoms with van der Waals surface area (Å²) in [6.45, 7) is 2.42. The average molecular weight is 394 g/mol. The van der Waals surface area contributed by atoms with Crippen LogP contribution in [0.4, 0.5) is 0 Å². The van der Waals surface area contributed by atoms with Crippen LogP contribution in [-0.4, -0.2) is 43.4 Å². The number of hydrogen-bond donors (Lipinski definition) is 0. The van der Waals surface area contributed by atoms with E-state index in [1.165, 1.54) is 5.56 Å². The summed E-state index contributed by atoms with van der Waals surface area (Å²) in [7, 11) is -3.06. The zero-order valence-corrected chi connectivity index (χ0v) is 16.4. The van der Waals surface area contributed by atoms with Crippen molar-refractivity contribution in [2.24, 2.45) is 0 Å². The van der Waals surface area contributed by atoms with Crippen LogP contribution in [0.3, 0.4) is 0 Å². The lowest BCUT2D eigenvalue weighted by Gasteiger charge is -2.28. The van der Waals surface area contributed by atoms with Gasteiger partial charge in [0.25, 0.3) is 5.91 Å². The Morgan fingerprint density at radius 3 is 2.62 bits per heavy atom. The maximum Gasteiger partial charge on any atom is 0.261 e. The van der Waals surface area contributed by atoms with Crippen molar-refractivity contribution in [3.8, 4) is 5.75 Å². The van der Waals surface area contributed by atoms with E-state index in [9.17, 15) is 13.2 Å². The van der Waals surface area contributed by atoms with Gasteiger partial charge in [0, 0.05) is 10.9 Å². The molecule has 1 amide bonds. The van der Waals surface area contributed by atoms with Crippen LogP contribution >= 0.6 is 11.3 Å². The van der Waals surface area contributed by atoms with Gasteiger partial charge >= 0.3 is 0 Å². The Bertz CT molecular complexity index is 829. The van der Waals surface area contributed by atoms with E-state index in [0.29, 0.717) is 18.7 Å². The monoisotopic (exact) mass is 393 g/mol. The first-order chi connectivity index (χ1) is 12.5. The summed E-state index contributed by atoms with van der Waals surface area (Å²) < 4.78 is 29.3. The highest BCUT2D eigenvalue weighted by atomic mass is 32.2. The van der Waals surface area contributed by atoms with Crippen LogP contribution in [-0.2, 0) is 27.6 Å². The Kier molecular flexibility index (Phi) is 5.98. The number of ether oxygens (including phenoxy) is 1. The molecular weight excluding hydrogens is 370 g/mol. The Morgan fingerprint density at radius 2 is 2.04 bits per heavy atom. The third-order valence-electron chi connectivity index (χ3n) is 4.57. The number of rotatable bonds is 7. The predicted molar refractivity (Wildman–Crippen MR) is 103 cm³/mol. The fraction of sp³-hybridized carbons (Fsp3) is 0.421. The Hall–Kier alpha value is -1.86. The summed E-state index contributed by atoms with van der Waals surface area (Å²) in [6, 6.07) is 11.3. The second-order valence-electron chi connectivity index (χ2n) is 6.44. The van der Waals surface area contributed by atoms with E-state index in [-0.39, 0.29) is 30.1 Å². The Labute approximate surface area is 158 Å². The highest BCUT2D eigenvalue weighted by Crippen LogP contribution is 2.22. The zero-order valence-electron chi connectivity index (χ0n) is 14.8. The lowest BCUT2D eigenvalue weighted by Crippen LogP contribution is -2.42. The summed E-state index contributed by atoms with van der Waals surface area (Å²) >= 11 is 1.56. The molecule has 1 aromatic heterocycles. The van der Waals surface area contributed by atoms with Crippen LogP contribution in [0.1, 0.15) is 23.8 Å². The molecule has 2 aromatic rings. The standard InChI is InChI=1S/C19H23NO4S2/c1-2-15-5-7-17(8-6-15)24-13-19(21)20(12-18-4-3-10-25-18)16-9-11-26(22,23)14-16/h3-8,10,16H,2,9,11-14H2,1H3/t16-/m1/s1. The molecule has 3 rings (SSSR count). The molecule has 0 N–H and O–H groups in total. The minimum Gasteiger partial charge on any atom is -0.484 e. The fourth-order valence-corrected chi connectivity index (χ4v) is 5.50. The maximum absolute atomic E-state index is 12.8. The number of hydrogen-bond acceptors (Lipinski definition) is 5. The van der Waals surface area contributed by atoms with Crippen LogP contribution in [0.15, 0.2) is 41.8 Å². The highest BCUT2D eigenvalue weighted by Gasteiger charge is 2.34. The number of amides is 1. The van der Waals surface area contributed by atoms with Crippen LogP contribution in [0.5, 0.6) is 5.75 Å². The van der Waals surface area contributed by atoms with Gasteiger partial charge in [0.05, 0.1) is 18.1 Å². The third-order valence-corrected chi connectivity index (χ3v) is 7.18. The number of benzene rings is 1. The van der Waals surface area contributed by atoms with Gasteiger partial charge in [-0.25, -0.2) is 8.42 Å². The minimum atomic E-state index is -3.06. The lowest BCUT2D eigenvalue weighted by atomic mass is 10.2. The van der Waals surface area contributed by atoms with Gasteiger partial charge < -0.3 is 9.64 Å². The molecule has 140 valence electrons. The second-order valence-corrected chi connectivity index (χ2v) is 9.71.